The van der Waals surface area contributed by atoms with Gasteiger partial charge in [0.1, 0.15) is 5.82 Å². The minimum atomic E-state index is -0.267. The summed E-state index contributed by atoms with van der Waals surface area (Å²) in [6.45, 7) is 4.28. The Morgan fingerprint density at radius 1 is 1.23 bits per heavy atom. The second-order valence-electron chi connectivity index (χ2n) is 7.16. The van der Waals surface area contributed by atoms with Crippen LogP contribution in [0.3, 0.4) is 0 Å². The van der Waals surface area contributed by atoms with Crippen molar-refractivity contribution < 1.29 is 9.50 Å². The predicted octanol–water partition coefficient (Wildman–Crippen LogP) is 1.47. The highest BCUT2D eigenvalue weighted by atomic mass is 19.1. The largest absolute Gasteiger partial charge is 0.395 e. The van der Waals surface area contributed by atoms with E-state index >= 15 is 0 Å². The predicted molar refractivity (Wildman–Crippen MR) is 103 cm³/mol. The maximum Gasteiger partial charge on any atom is 0.198 e. The van der Waals surface area contributed by atoms with E-state index in [1.165, 1.54) is 18.6 Å². The summed E-state index contributed by atoms with van der Waals surface area (Å²) in [4.78, 5) is 9.40. The highest BCUT2D eigenvalue weighted by Gasteiger charge is 2.25. The summed E-state index contributed by atoms with van der Waals surface area (Å²) in [5.74, 6) is 0.512. The summed E-state index contributed by atoms with van der Waals surface area (Å²) in [6.07, 6.45) is 4.32. The highest BCUT2D eigenvalue weighted by Crippen LogP contribution is 2.21. The van der Waals surface area contributed by atoms with E-state index in [0.29, 0.717) is 12.2 Å². The van der Waals surface area contributed by atoms with Crippen LogP contribution in [0.5, 0.6) is 0 Å². The number of β-amino-alcohol motifs (C(OH)–C–C–N with tert-alkyl or cyclic N) is 1. The van der Waals surface area contributed by atoms with E-state index < -0.39 is 0 Å². The Morgan fingerprint density at radius 3 is 2.69 bits per heavy atom. The van der Waals surface area contributed by atoms with Gasteiger partial charge in [-0.15, -0.1) is 0 Å². The molecule has 1 aromatic carbocycles. The summed E-state index contributed by atoms with van der Waals surface area (Å²) in [5, 5.41) is 12.4. The van der Waals surface area contributed by atoms with Crippen LogP contribution in [0.15, 0.2) is 29.3 Å². The fourth-order valence-corrected chi connectivity index (χ4v) is 3.67. The van der Waals surface area contributed by atoms with Gasteiger partial charge >= 0.3 is 0 Å². The van der Waals surface area contributed by atoms with E-state index in [1.54, 1.807) is 6.07 Å². The van der Waals surface area contributed by atoms with Crippen LogP contribution in [0, 0.1) is 5.82 Å². The third-order valence-electron chi connectivity index (χ3n) is 5.24. The zero-order valence-corrected chi connectivity index (χ0v) is 15.3. The first-order chi connectivity index (χ1) is 12.7. The molecule has 1 saturated carbocycles. The monoisotopic (exact) mass is 363 g/mol. The summed E-state index contributed by atoms with van der Waals surface area (Å²) in [5.41, 5.74) is 6.99. The second-order valence-corrected chi connectivity index (χ2v) is 7.16. The Bertz CT molecular complexity index is 603. The van der Waals surface area contributed by atoms with Gasteiger partial charge in [-0.05, 0) is 31.0 Å². The van der Waals surface area contributed by atoms with Crippen molar-refractivity contribution in [3.05, 3.63) is 30.1 Å². The lowest BCUT2D eigenvalue weighted by molar-refractivity contribution is 0.146. The minimum Gasteiger partial charge on any atom is -0.395 e. The average Bonchev–Trinajstić information content (AvgIpc) is 2.64. The Morgan fingerprint density at radius 2 is 2.00 bits per heavy atom. The molecule has 7 heteroatoms. The van der Waals surface area contributed by atoms with Crippen LogP contribution in [-0.2, 0) is 0 Å². The molecule has 4 N–H and O–H groups in total. The number of hydrogen-bond donors (Lipinski definition) is 3. The fourth-order valence-electron chi connectivity index (χ4n) is 3.67. The van der Waals surface area contributed by atoms with Crippen LogP contribution in [-0.4, -0.2) is 72.3 Å². The highest BCUT2D eigenvalue weighted by molar-refractivity contribution is 5.94. The van der Waals surface area contributed by atoms with Crippen molar-refractivity contribution >= 4 is 11.6 Å². The van der Waals surface area contributed by atoms with Gasteiger partial charge in [0.15, 0.2) is 5.96 Å². The molecule has 1 heterocycles. The standard InChI is InChI=1S/C19H30FN5O/c20-15-4-3-5-16(14-15)22-19(23-18-7-2-1-6-17(18)21)25-10-8-24(9-11-25)12-13-26/h3-5,14,17-18,26H,1-2,6-13,21H2,(H,22,23)/t17-,18-/m0/s1. The number of aliphatic hydroxyl groups is 1. The number of anilines is 1. The van der Waals surface area contributed by atoms with Crippen molar-refractivity contribution in [2.24, 2.45) is 10.7 Å². The van der Waals surface area contributed by atoms with Gasteiger partial charge in [0.2, 0.25) is 0 Å². The van der Waals surface area contributed by atoms with Crippen molar-refractivity contribution in [1.82, 2.24) is 9.80 Å². The van der Waals surface area contributed by atoms with Gasteiger partial charge < -0.3 is 21.1 Å². The van der Waals surface area contributed by atoms with Gasteiger partial charge in [-0.2, -0.15) is 0 Å². The van der Waals surface area contributed by atoms with Crippen molar-refractivity contribution in [1.29, 1.82) is 0 Å². The van der Waals surface area contributed by atoms with Crippen LogP contribution in [0.2, 0.25) is 0 Å². The van der Waals surface area contributed by atoms with Crippen molar-refractivity contribution in [2.75, 3.05) is 44.6 Å². The van der Waals surface area contributed by atoms with Crippen LogP contribution in [0.4, 0.5) is 10.1 Å². The third kappa shape index (κ3) is 5.16. The van der Waals surface area contributed by atoms with Gasteiger partial charge in [0.25, 0.3) is 0 Å². The lowest BCUT2D eigenvalue weighted by atomic mass is 9.91. The number of hydrogen-bond acceptors (Lipinski definition) is 4. The molecule has 0 spiro atoms. The lowest BCUT2D eigenvalue weighted by Gasteiger charge is -2.37. The van der Waals surface area contributed by atoms with Gasteiger partial charge in [-0.1, -0.05) is 18.9 Å². The Hall–Kier alpha value is -1.70. The summed E-state index contributed by atoms with van der Waals surface area (Å²) in [6, 6.07) is 6.66. The number of aliphatic imine (C=N–C) groups is 1. The van der Waals surface area contributed by atoms with E-state index in [-0.39, 0.29) is 24.5 Å². The molecule has 0 radical (unpaired) electrons. The maximum atomic E-state index is 13.6. The Kier molecular flexibility index (Phi) is 6.82. The minimum absolute atomic E-state index is 0.0868. The van der Waals surface area contributed by atoms with Gasteiger partial charge in [0, 0.05) is 44.5 Å². The number of nitrogens with one attached hydrogen (secondary N) is 1. The van der Waals surface area contributed by atoms with E-state index in [9.17, 15) is 4.39 Å². The number of nitrogens with zero attached hydrogens (tertiary/aromatic N) is 3. The van der Waals surface area contributed by atoms with Crippen molar-refractivity contribution in [2.45, 2.75) is 37.8 Å². The van der Waals surface area contributed by atoms with Crippen molar-refractivity contribution in [3.63, 3.8) is 0 Å². The van der Waals surface area contributed by atoms with Crippen LogP contribution in [0.25, 0.3) is 0 Å². The van der Waals surface area contributed by atoms with Crippen molar-refractivity contribution in [3.8, 4) is 0 Å². The molecule has 26 heavy (non-hydrogen) atoms. The third-order valence-corrected chi connectivity index (χ3v) is 5.24. The molecular weight excluding hydrogens is 333 g/mol. The zero-order chi connectivity index (χ0) is 18.4. The number of halogens is 1. The first-order valence-corrected chi connectivity index (χ1v) is 9.60. The van der Waals surface area contributed by atoms with E-state index in [1.807, 2.05) is 6.07 Å². The van der Waals surface area contributed by atoms with E-state index in [4.69, 9.17) is 15.8 Å². The Labute approximate surface area is 154 Å². The number of benzene rings is 1. The molecule has 0 unspecified atom stereocenters. The van der Waals surface area contributed by atoms with Gasteiger partial charge in [-0.3, -0.25) is 4.90 Å². The first kappa shape index (κ1) is 19.1. The molecule has 144 valence electrons. The molecule has 3 rings (SSSR count). The zero-order valence-electron chi connectivity index (χ0n) is 15.3. The summed E-state index contributed by atoms with van der Waals surface area (Å²) in [7, 11) is 0. The molecule has 2 fully saturated rings. The number of rotatable bonds is 4. The molecule has 1 aromatic rings. The topological polar surface area (TPSA) is 77.1 Å². The molecule has 0 amide bonds. The van der Waals surface area contributed by atoms with Crippen LogP contribution in [0.1, 0.15) is 25.7 Å². The molecule has 6 nitrogen and oxygen atoms in total. The normalized spacial score (nSPS) is 25.3. The SMILES string of the molecule is N[C@H]1CCCC[C@@H]1N=C(Nc1cccc(F)c1)N1CCN(CCO)CC1. The smallest absolute Gasteiger partial charge is 0.198 e. The molecule has 0 bridgehead atoms. The second kappa shape index (κ2) is 9.30. The molecule has 1 aliphatic carbocycles. The number of aliphatic hydroxyl groups excluding tert-OH is 1. The molecule has 2 aliphatic rings. The van der Waals surface area contributed by atoms with Gasteiger partial charge in [-0.25, -0.2) is 9.38 Å². The van der Waals surface area contributed by atoms with E-state index in [0.717, 1.165) is 51.4 Å². The number of guanidine groups is 1. The molecule has 0 aromatic heterocycles. The maximum absolute atomic E-state index is 13.6. The summed E-state index contributed by atoms with van der Waals surface area (Å²) < 4.78 is 13.6. The first-order valence-electron chi connectivity index (χ1n) is 9.60. The molecular formula is C19H30FN5O. The fraction of sp³-hybridized carbons (Fsp3) is 0.632. The van der Waals surface area contributed by atoms with E-state index in [2.05, 4.69) is 15.1 Å². The quantitative estimate of drug-likeness (QED) is 0.558. The van der Waals surface area contributed by atoms with Gasteiger partial charge in [0.05, 0.1) is 12.6 Å². The number of nitrogens with two attached hydrogens (primary N) is 1. The lowest BCUT2D eigenvalue weighted by Crippen LogP contribution is -2.52. The van der Waals surface area contributed by atoms with Crippen LogP contribution < -0.4 is 11.1 Å². The molecule has 1 saturated heterocycles. The number of piperazine rings is 1. The Balaban J connectivity index is 1.75. The summed E-state index contributed by atoms with van der Waals surface area (Å²) >= 11 is 0. The molecule has 2 atom stereocenters. The van der Waals surface area contributed by atoms with Crippen LogP contribution >= 0.6 is 0 Å². The molecule has 1 aliphatic heterocycles. The average molecular weight is 363 g/mol.